The van der Waals surface area contributed by atoms with Gasteiger partial charge in [-0.3, -0.25) is 4.79 Å². The fourth-order valence-corrected chi connectivity index (χ4v) is 4.35. The van der Waals surface area contributed by atoms with Crippen LogP contribution in [0.15, 0.2) is 65.4 Å². The standard InChI is InChI=1S/C25H27FN2O3/c1-2-30-24(29)25(21-6-4-3-5-7-21)13-16-28(17-14-25)15-12-20-18-31-27-23(20)19-8-10-22(26)11-9-19/h3-11,18H,2,12-17H2,1H3. The van der Waals surface area contributed by atoms with Crippen LogP contribution in [0.4, 0.5) is 4.39 Å². The maximum absolute atomic E-state index is 13.2. The summed E-state index contributed by atoms with van der Waals surface area (Å²) in [6.07, 6.45) is 3.89. The molecule has 31 heavy (non-hydrogen) atoms. The van der Waals surface area contributed by atoms with E-state index < -0.39 is 5.41 Å². The molecule has 1 aromatic heterocycles. The lowest BCUT2D eigenvalue weighted by molar-refractivity contribution is -0.152. The van der Waals surface area contributed by atoms with Crippen molar-refractivity contribution in [1.29, 1.82) is 0 Å². The van der Waals surface area contributed by atoms with Crippen LogP contribution in [0.25, 0.3) is 11.3 Å². The fourth-order valence-electron chi connectivity index (χ4n) is 4.35. The lowest BCUT2D eigenvalue weighted by Gasteiger charge is -2.40. The Bertz CT molecular complexity index is 993. The van der Waals surface area contributed by atoms with Gasteiger partial charge in [0.25, 0.3) is 0 Å². The Morgan fingerprint density at radius 2 is 1.84 bits per heavy atom. The summed E-state index contributed by atoms with van der Waals surface area (Å²) in [6, 6.07) is 16.3. The van der Waals surface area contributed by atoms with Crippen molar-refractivity contribution in [2.75, 3.05) is 26.2 Å². The first kappa shape index (κ1) is 21.2. The Hall–Kier alpha value is -2.99. The maximum Gasteiger partial charge on any atom is 0.316 e. The summed E-state index contributed by atoms with van der Waals surface area (Å²) < 4.78 is 23.9. The first-order valence-corrected chi connectivity index (χ1v) is 10.8. The number of carbonyl (C=O) groups excluding carboxylic acids is 1. The summed E-state index contributed by atoms with van der Waals surface area (Å²) in [5.74, 6) is -0.399. The number of esters is 1. The molecular weight excluding hydrogens is 395 g/mol. The van der Waals surface area contributed by atoms with E-state index in [0.717, 1.165) is 61.3 Å². The van der Waals surface area contributed by atoms with Crippen LogP contribution in [0.2, 0.25) is 0 Å². The van der Waals surface area contributed by atoms with E-state index in [1.54, 1.807) is 18.4 Å². The normalized spacial score (nSPS) is 16.2. The third-order valence-corrected chi connectivity index (χ3v) is 6.16. The Morgan fingerprint density at radius 3 is 2.52 bits per heavy atom. The molecule has 0 N–H and O–H groups in total. The minimum atomic E-state index is -0.579. The van der Waals surface area contributed by atoms with E-state index in [4.69, 9.17) is 9.26 Å². The molecule has 0 spiro atoms. The average Bonchev–Trinajstić information content (AvgIpc) is 3.28. The monoisotopic (exact) mass is 422 g/mol. The topological polar surface area (TPSA) is 55.6 Å². The molecule has 1 aliphatic heterocycles. The number of hydrogen-bond acceptors (Lipinski definition) is 5. The summed E-state index contributed by atoms with van der Waals surface area (Å²) in [5, 5.41) is 4.11. The number of benzene rings is 2. The summed E-state index contributed by atoms with van der Waals surface area (Å²) in [6.45, 7) is 4.69. The number of piperidine rings is 1. The van der Waals surface area contributed by atoms with E-state index in [0.29, 0.717) is 6.61 Å². The molecule has 1 fully saturated rings. The van der Waals surface area contributed by atoms with Gasteiger partial charge in [0.15, 0.2) is 0 Å². The quantitative estimate of drug-likeness (QED) is 0.520. The molecule has 3 aromatic rings. The van der Waals surface area contributed by atoms with Gasteiger partial charge in [-0.05, 0) is 69.1 Å². The highest BCUT2D eigenvalue weighted by molar-refractivity contribution is 5.83. The van der Waals surface area contributed by atoms with Gasteiger partial charge in [0.05, 0.1) is 12.0 Å². The summed E-state index contributed by atoms with van der Waals surface area (Å²) >= 11 is 0. The summed E-state index contributed by atoms with van der Waals surface area (Å²) in [4.78, 5) is 15.3. The number of aromatic nitrogens is 1. The van der Waals surface area contributed by atoms with Gasteiger partial charge in [0, 0.05) is 17.7 Å². The number of carbonyl (C=O) groups is 1. The van der Waals surface area contributed by atoms with Gasteiger partial charge in [-0.2, -0.15) is 0 Å². The fraction of sp³-hybridized carbons (Fsp3) is 0.360. The van der Waals surface area contributed by atoms with Crippen molar-refractivity contribution >= 4 is 5.97 Å². The lowest BCUT2D eigenvalue weighted by Crippen LogP contribution is -2.48. The first-order valence-electron chi connectivity index (χ1n) is 10.8. The van der Waals surface area contributed by atoms with Gasteiger partial charge in [-0.15, -0.1) is 0 Å². The SMILES string of the molecule is CCOC(=O)C1(c2ccccc2)CCN(CCc2conc2-c2ccc(F)cc2)CC1. The van der Waals surface area contributed by atoms with Gasteiger partial charge >= 0.3 is 5.97 Å². The average molecular weight is 423 g/mol. The number of likely N-dealkylation sites (tertiary alicyclic amines) is 1. The van der Waals surface area contributed by atoms with Crippen LogP contribution in [-0.4, -0.2) is 42.3 Å². The van der Waals surface area contributed by atoms with Gasteiger partial charge in [-0.1, -0.05) is 35.5 Å². The second-order valence-electron chi connectivity index (χ2n) is 7.96. The van der Waals surface area contributed by atoms with Crippen LogP contribution in [0, 0.1) is 5.82 Å². The molecule has 5 nitrogen and oxygen atoms in total. The first-order chi connectivity index (χ1) is 15.1. The molecule has 2 heterocycles. The molecule has 1 aliphatic rings. The highest BCUT2D eigenvalue weighted by Crippen LogP contribution is 2.37. The van der Waals surface area contributed by atoms with Gasteiger partial charge in [-0.25, -0.2) is 4.39 Å². The van der Waals surface area contributed by atoms with Gasteiger partial charge in [0.1, 0.15) is 17.8 Å². The van der Waals surface area contributed by atoms with Crippen LogP contribution in [0.3, 0.4) is 0 Å². The van der Waals surface area contributed by atoms with Crippen LogP contribution in [-0.2, 0) is 21.4 Å². The smallest absolute Gasteiger partial charge is 0.316 e. The van der Waals surface area contributed by atoms with Crippen molar-refractivity contribution in [3.05, 3.63) is 77.8 Å². The van der Waals surface area contributed by atoms with E-state index in [2.05, 4.69) is 10.1 Å². The van der Waals surface area contributed by atoms with E-state index in [9.17, 15) is 9.18 Å². The Balaban J connectivity index is 1.42. The molecule has 2 aromatic carbocycles. The predicted molar refractivity (Wildman–Crippen MR) is 116 cm³/mol. The van der Waals surface area contributed by atoms with Gasteiger partial charge in [0.2, 0.25) is 0 Å². The number of nitrogens with zero attached hydrogens (tertiary/aromatic N) is 2. The molecule has 1 saturated heterocycles. The van der Waals surface area contributed by atoms with Gasteiger partial charge < -0.3 is 14.2 Å². The molecule has 0 aliphatic carbocycles. The zero-order valence-electron chi connectivity index (χ0n) is 17.7. The molecule has 0 atom stereocenters. The molecule has 6 heteroatoms. The molecule has 0 bridgehead atoms. The molecule has 0 unspecified atom stereocenters. The van der Waals surface area contributed by atoms with Crippen molar-refractivity contribution < 1.29 is 18.4 Å². The number of halogens is 1. The van der Waals surface area contributed by atoms with Crippen LogP contribution >= 0.6 is 0 Å². The Labute approximate surface area is 181 Å². The van der Waals surface area contributed by atoms with Crippen LogP contribution < -0.4 is 0 Å². The largest absolute Gasteiger partial charge is 0.465 e. The summed E-state index contributed by atoms with van der Waals surface area (Å²) in [7, 11) is 0. The van der Waals surface area contributed by atoms with Crippen LogP contribution in [0.1, 0.15) is 30.9 Å². The number of rotatable bonds is 7. The third-order valence-electron chi connectivity index (χ3n) is 6.16. The van der Waals surface area contributed by atoms with E-state index >= 15 is 0 Å². The molecule has 4 rings (SSSR count). The second kappa shape index (κ2) is 9.43. The third kappa shape index (κ3) is 4.54. The number of ether oxygens (including phenoxy) is 1. The minimum Gasteiger partial charge on any atom is -0.465 e. The maximum atomic E-state index is 13.2. The minimum absolute atomic E-state index is 0.126. The molecule has 0 saturated carbocycles. The van der Waals surface area contributed by atoms with Crippen molar-refractivity contribution in [2.24, 2.45) is 0 Å². The predicted octanol–water partition coefficient (Wildman–Crippen LogP) is 4.62. The zero-order chi connectivity index (χ0) is 21.7. The lowest BCUT2D eigenvalue weighted by atomic mass is 9.72. The zero-order valence-corrected chi connectivity index (χ0v) is 17.7. The van der Waals surface area contributed by atoms with Crippen molar-refractivity contribution in [1.82, 2.24) is 10.1 Å². The van der Waals surface area contributed by atoms with Crippen LogP contribution in [0.5, 0.6) is 0 Å². The van der Waals surface area contributed by atoms with Crippen molar-refractivity contribution in [2.45, 2.75) is 31.6 Å². The molecule has 0 amide bonds. The molecular formula is C25H27FN2O3. The Morgan fingerprint density at radius 1 is 1.13 bits per heavy atom. The van der Waals surface area contributed by atoms with E-state index in [-0.39, 0.29) is 11.8 Å². The van der Waals surface area contributed by atoms with Crippen molar-refractivity contribution in [3.63, 3.8) is 0 Å². The number of hydrogen-bond donors (Lipinski definition) is 0. The molecule has 162 valence electrons. The summed E-state index contributed by atoms with van der Waals surface area (Å²) in [5.41, 5.74) is 3.04. The van der Waals surface area contributed by atoms with Crippen molar-refractivity contribution in [3.8, 4) is 11.3 Å². The highest BCUT2D eigenvalue weighted by Gasteiger charge is 2.44. The Kier molecular flexibility index (Phi) is 6.47. The molecule has 0 radical (unpaired) electrons. The van der Waals surface area contributed by atoms with E-state index in [1.165, 1.54) is 12.1 Å². The highest BCUT2D eigenvalue weighted by atomic mass is 19.1. The second-order valence-corrected chi connectivity index (χ2v) is 7.96. The van der Waals surface area contributed by atoms with E-state index in [1.807, 2.05) is 37.3 Å².